The van der Waals surface area contributed by atoms with Crippen LogP contribution in [0.5, 0.6) is 0 Å². The summed E-state index contributed by atoms with van der Waals surface area (Å²) in [6.07, 6.45) is 0.867. The molecule has 3 atom stereocenters. The van der Waals surface area contributed by atoms with Crippen molar-refractivity contribution in [3.05, 3.63) is 12.2 Å². The summed E-state index contributed by atoms with van der Waals surface area (Å²) >= 11 is 0. The molecular weight excluding hydrogens is 120 g/mol. The van der Waals surface area contributed by atoms with Gasteiger partial charge in [0.15, 0.2) is 0 Å². The molecule has 0 aliphatic heterocycles. The third-order valence-corrected chi connectivity index (χ3v) is 1.45. The van der Waals surface area contributed by atoms with Crippen LogP contribution >= 0.6 is 0 Å². The summed E-state index contributed by atoms with van der Waals surface area (Å²) in [5, 5.41) is 26.6. The highest BCUT2D eigenvalue weighted by Gasteiger charge is 2.24. The zero-order chi connectivity index (χ0) is 6.85. The first-order valence-corrected chi connectivity index (χ1v) is 2.92. The van der Waals surface area contributed by atoms with Crippen LogP contribution < -0.4 is 0 Å². The number of rotatable bonds is 0. The molecule has 1 rings (SSSR count). The molecule has 0 aromatic rings. The maximum atomic E-state index is 8.89. The van der Waals surface area contributed by atoms with Gasteiger partial charge in [0.1, 0.15) is 12.2 Å². The molecule has 0 fully saturated rings. The fourth-order valence-corrected chi connectivity index (χ4v) is 0.838. The average molecular weight is 130 g/mol. The molecule has 0 bridgehead atoms. The molecule has 0 radical (unpaired) electrons. The van der Waals surface area contributed by atoms with E-state index in [1.165, 1.54) is 6.08 Å². The van der Waals surface area contributed by atoms with E-state index in [1.54, 1.807) is 6.08 Å². The molecule has 1 aliphatic carbocycles. The SMILES string of the molecule is O[C@@H]1[C@H](O)C=CC[C@@H]1O. The van der Waals surface area contributed by atoms with E-state index in [0.29, 0.717) is 6.42 Å². The molecule has 9 heavy (non-hydrogen) atoms. The summed E-state index contributed by atoms with van der Waals surface area (Å²) in [5.74, 6) is 0. The second kappa shape index (κ2) is 2.47. The molecule has 0 heterocycles. The van der Waals surface area contributed by atoms with E-state index >= 15 is 0 Å². The smallest absolute Gasteiger partial charge is 0.110 e. The molecule has 0 amide bonds. The van der Waals surface area contributed by atoms with Crippen LogP contribution in [0.25, 0.3) is 0 Å². The highest BCUT2D eigenvalue weighted by molar-refractivity contribution is 5.01. The van der Waals surface area contributed by atoms with Gasteiger partial charge in [-0.2, -0.15) is 0 Å². The molecule has 3 heteroatoms. The van der Waals surface area contributed by atoms with Crippen molar-refractivity contribution in [3.8, 4) is 0 Å². The van der Waals surface area contributed by atoms with Gasteiger partial charge in [-0.1, -0.05) is 12.2 Å². The van der Waals surface area contributed by atoms with Crippen LogP contribution in [-0.2, 0) is 0 Å². The van der Waals surface area contributed by atoms with E-state index in [1.807, 2.05) is 0 Å². The molecule has 0 saturated carbocycles. The lowest BCUT2D eigenvalue weighted by Gasteiger charge is -2.23. The lowest BCUT2D eigenvalue weighted by molar-refractivity contribution is -0.0453. The zero-order valence-electron chi connectivity index (χ0n) is 4.94. The predicted molar refractivity (Wildman–Crippen MR) is 31.8 cm³/mol. The first kappa shape index (κ1) is 6.74. The Kier molecular flexibility index (Phi) is 1.85. The van der Waals surface area contributed by atoms with Crippen LogP contribution in [0.4, 0.5) is 0 Å². The number of aliphatic hydroxyl groups is 3. The second-order valence-corrected chi connectivity index (χ2v) is 2.21. The zero-order valence-corrected chi connectivity index (χ0v) is 4.94. The van der Waals surface area contributed by atoms with Crippen LogP contribution in [0.2, 0.25) is 0 Å². The van der Waals surface area contributed by atoms with E-state index < -0.39 is 18.3 Å². The van der Waals surface area contributed by atoms with Gasteiger partial charge in [-0.05, 0) is 6.42 Å². The summed E-state index contributed by atoms with van der Waals surface area (Å²) in [6, 6.07) is 0. The molecule has 0 saturated heterocycles. The Morgan fingerprint density at radius 1 is 1.22 bits per heavy atom. The van der Waals surface area contributed by atoms with Gasteiger partial charge in [0.25, 0.3) is 0 Å². The van der Waals surface area contributed by atoms with Crippen LogP contribution in [0, 0.1) is 0 Å². The maximum Gasteiger partial charge on any atom is 0.110 e. The van der Waals surface area contributed by atoms with Crippen molar-refractivity contribution in [2.45, 2.75) is 24.7 Å². The van der Waals surface area contributed by atoms with Gasteiger partial charge in [-0.25, -0.2) is 0 Å². The van der Waals surface area contributed by atoms with Gasteiger partial charge >= 0.3 is 0 Å². The fourth-order valence-electron chi connectivity index (χ4n) is 0.838. The van der Waals surface area contributed by atoms with Crippen LogP contribution in [0.15, 0.2) is 12.2 Å². The Balaban J connectivity index is 2.58. The van der Waals surface area contributed by atoms with Gasteiger partial charge in [-0.15, -0.1) is 0 Å². The number of aliphatic hydroxyl groups excluding tert-OH is 3. The monoisotopic (exact) mass is 130 g/mol. The molecular formula is C6H10O3. The molecule has 0 unspecified atom stereocenters. The highest BCUT2D eigenvalue weighted by Crippen LogP contribution is 2.11. The van der Waals surface area contributed by atoms with Gasteiger partial charge in [-0.3, -0.25) is 0 Å². The number of hydrogen-bond donors (Lipinski definition) is 3. The molecule has 3 N–H and O–H groups in total. The summed E-state index contributed by atoms with van der Waals surface area (Å²) in [7, 11) is 0. The van der Waals surface area contributed by atoms with Crippen molar-refractivity contribution in [3.63, 3.8) is 0 Å². The van der Waals surface area contributed by atoms with Gasteiger partial charge in [0, 0.05) is 0 Å². The minimum atomic E-state index is -1.00. The Morgan fingerprint density at radius 3 is 2.33 bits per heavy atom. The summed E-state index contributed by atoms with van der Waals surface area (Å²) in [5.41, 5.74) is 0. The minimum Gasteiger partial charge on any atom is -0.390 e. The fraction of sp³-hybridized carbons (Fsp3) is 0.667. The lowest BCUT2D eigenvalue weighted by atomic mass is 9.99. The molecule has 1 aliphatic rings. The maximum absolute atomic E-state index is 8.89. The normalized spacial score (nSPS) is 43.2. The van der Waals surface area contributed by atoms with Crippen molar-refractivity contribution in [2.24, 2.45) is 0 Å². The summed E-state index contributed by atoms with van der Waals surface area (Å²) in [4.78, 5) is 0. The third kappa shape index (κ3) is 1.30. The van der Waals surface area contributed by atoms with E-state index in [0.717, 1.165) is 0 Å². The molecule has 0 aromatic heterocycles. The van der Waals surface area contributed by atoms with E-state index in [4.69, 9.17) is 15.3 Å². The Labute approximate surface area is 53.3 Å². The molecule has 0 aromatic carbocycles. The molecule has 52 valence electrons. The Hall–Kier alpha value is -0.380. The topological polar surface area (TPSA) is 60.7 Å². The van der Waals surface area contributed by atoms with Crippen molar-refractivity contribution < 1.29 is 15.3 Å². The lowest BCUT2D eigenvalue weighted by Crippen LogP contribution is -2.38. The Bertz CT molecular complexity index is 121. The second-order valence-electron chi connectivity index (χ2n) is 2.21. The van der Waals surface area contributed by atoms with Crippen LogP contribution in [0.3, 0.4) is 0 Å². The summed E-state index contributed by atoms with van der Waals surface area (Å²) < 4.78 is 0. The standard InChI is InChI=1S/C6H10O3/c7-4-2-1-3-5(8)6(4)9/h1-2,4-9H,3H2/t4-,5+,6-/m1/s1. The largest absolute Gasteiger partial charge is 0.390 e. The van der Waals surface area contributed by atoms with Crippen molar-refractivity contribution >= 4 is 0 Å². The van der Waals surface area contributed by atoms with E-state index in [2.05, 4.69) is 0 Å². The Morgan fingerprint density at radius 2 is 1.89 bits per heavy atom. The van der Waals surface area contributed by atoms with E-state index in [-0.39, 0.29) is 0 Å². The quantitative estimate of drug-likeness (QED) is 0.370. The first-order valence-electron chi connectivity index (χ1n) is 2.92. The molecule has 0 spiro atoms. The predicted octanol–water partition coefficient (Wildman–Crippen LogP) is -0.971. The minimum absolute atomic E-state index is 0.429. The van der Waals surface area contributed by atoms with Crippen molar-refractivity contribution in [1.29, 1.82) is 0 Å². The van der Waals surface area contributed by atoms with Gasteiger partial charge in [0.05, 0.1) is 6.10 Å². The van der Waals surface area contributed by atoms with Crippen LogP contribution in [-0.4, -0.2) is 33.6 Å². The average Bonchev–Trinajstić information content (AvgIpc) is 1.83. The highest BCUT2D eigenvalue weighted by atomic mass is 16.4. The van der Waals surface area contributed by atoms with Gasteiger partial charge < -0.3 is 15.3 Å². The van der Waals surface area contributed by atoms with Crippen LogP contribution in [0.1, 0.15) is 6.42 Å². The molecule has 3 nitrogen and oxygen atoms in total. The van der Waals surface area contributed by atoms with Crippen molar-refractivity contribution in [1.82, 2.24) is 0 Å². The van der Waals surface area contributed by atoms with E-state index in [9.17, 15) is 0 Å². The first-order chi connectivity index (χ1) is 4.22. The van der Waals surface area contributed by atoms with Crippen molar-refractivity contribution in [2.75, 3.05) is 0 Å². The summed E-state index contributed by atoms with van der Waals surface area (Å²) in [6.45, 7) is 0. The van der Waals surface area contributed by atoms with Gasteiger partial charge in [0.2, 0.25) is 0 Å². The third-order valence-electron chi connectivity index (χ3n) is 1.45. The number of hydrogen-bond acceptors (Lipinski definition) is 3.